The largest absolute Gasteiger partial charge is 0.489 e. The van der Waals surface area contributed by atoms with Gasteiger partial charge in [0.05, 0.1) is 18.3 Å². The van der Waals surface area contributed by atoms with E-state index in [2.05, 4.69) is 0 Å². The van der Waals surface area contributed by atoms with Crippen molar-refractivity contribution in [3.63, 3.8) is 0 Å². The maximum atomic E-state index is 11.2. The minimum Gasteiger partial charge on any atom is -0.489 e. The van der Waals surface area contributed by atoms with Crippen molar-refractivity contribution in [2.45, 2.75) is 33.2 Å². The molecule has 0 spiro atoms. The van der Waals surface area contributed by atoms with Crippen LogP contribution in [0, 0.1) is 0 Å². The summed E-state index contributed by atoms with van der Waals surface area (Å²) in [5.74, 6) is -0.443. The van der Waals surface area contributed by atoms with E-state index in [9.17, 15) is 9.90 Å². The molecule has 2 rings (SSSR count). The lowest BCUT2D eigenvalue weighted by atomic mass is 10.1. The summed E-state index contributed by atoms with van der Waals surface area (Å²) in [5, 5.41) is 9.20. The molecule has 0 bridgehead atoms. The monoisotopic (exact) mass is 300 g/mol. The first-order chi connectivity index (χ1) is 10.5. The molecule has 0 aliphatic rings. The van der Waals surface area contributed by atoms with Gasteiger partial charge in [-0.3, -0.25) is 0 Å². The van der Waals surface area contributed by atoms with Gasteiger partial charge in [-0.2, -0.15) is 0 Å². The van der Waals surface area contributed by atoms with Gasteiger partial charge in [0, 0.05) is 0 Å². The molecule has 0 aliphatic heterocycles. The van der Waals surface area contributed by atoms with Gasteiger partial charge in [0.15, 0.2) is 0 Å². The molecule has 0 fully saturated rings. The number of benzene rings is 2. The average Bonchev–Trinajstić information content (AvgIpc) is 2.52. The molecular formula is C18H20O4. The average molecular weight is 300 g/mol. The Morgan fingerprint density at radius 3 is 2.41 bits per heavy atom. The van der Waals surface area contributed by atoms with E-state index in [0.717, 1.165) is 11.1 Å². The summed E-state index contributed by atoms with van der Waals surface area (Å²) < 4.78 is 11.2. The Balaban J connectivity index is 2.13. The molecule has 2 aromatic carbocycles. The molecule has 0 amide bonds. The van der Waals surface area contributed by atoms with Crippen molar-refractivity contribution in [2.75, 3.05) is 0 Å². The van der Waals surface area contributed by atoms with Crippen LogP contribution in [0.15, 0.2) is 48.5 Å². The number of hydrogen-bond acceptors (Lipinski definition) is 3. The summed E-state index contributed by atoms with van der Waals surface area (Å²) in [6, 6.07) is 14.7. The number of rotatable bonds is 7. The Kier molecular flexibility index (Phi) is 5.55. The van der Waals surface area contributed by atoms with Crippen LogP contribution in [0.2, 0.25) is 0 Å². The first kappa shape index (κ1) is 16.0. The lowest BCUT2D eigenvalue weighted by Crippen LogP contribution is -2.05. The molecule has 0 aromatic heterocycles. The van der Waals surface area contributed by atoms with E-state index >= 15 is 0 Å². The third kappa shape index (κ3) is 4.90. The normalized spacial score (nSPS) is 10.7. The lowest BCUT2D eigenvalue weighted by Gasteiger charge is -2.12. The number of ether oxygens (including phenoxy) is 2. The minimum atomic E-state index is -0.976. The lowest BCUT2D eigenvalue weighted by molar-refractivity contribution is 0.0651. The molecule has 0 saturated carbocycles. The number of hydrogen-bond donors (Lipinski definition) is 1. The second kappa shape index (κ2) is 7.61. The van der Waals surface area contributed by atoms with Crippen LogP contribution in [0.25, 0.3) is 0 Å². The van der Waals surface area contributed by atoms with E-state index in [1.54, 1.807) is 6.07 Å². The number of carbonyl (C=O) groups is 1. The molecule has 0 aliphatic carbocycles. The van der Waals surface area contributed by atoms with Gasteiger partial charge in [0.25, 0.3) is 0 Å². The van der Waals surface area contributed by atoms with Gasteiger partial charge in [-0.15, -0.1) is 0 Å². The quantitative estimate of drug-likeness (QED) is 0.843. The van der Waals surface area contributed by atoms with Gasteiger partial charge in [0.2, 0.25) is 0 Å². The SMILES string of the molecule is CC(C)OCc1cc(OCc2ccccc2)cc(C(=O)O)c1. The van der Waals surface area contributed by atoms with E-state index in [1.807, 2.05) is 50.2 Å². The molecule has 1 N–H and O–H groups in total. The highest BCUT2D eigenvalue weighted by atomic mass is 16.5. The first-order valence-corrected chi connectivity index (χ1v) is 7.20. The Morgan fingerprint density at radius 1 is 1.05 bits per heavy atom. The van der Waals surface area contributed by atoms with Crippen LogP contribution in [-0.2, 0) is 18.0 Å². The Morgan fingerprint density at radius 2 is 1.77 bits per heavy atom. The zero-order valence-electron chi connectivity index (χ0n) is 12.8. The van der Waals surface area contributed by atoms with Gasteiger partial charge in [0.1, 0.15) is 12.4 Å². The summed E-state index contributed by atoms with van der Waals surface area (Å²) in [6.07, 6.45) is 0.0853. The molecule has 0 atom stereocenters. The van der Waals surface area contributed by atoms with E-state index in [1.165, 1.54) is 6.07 Å². The van der Waals surface area contributed by atoms with Crippen molar-refractivity contribution >= 4 is 5.97 Å². The van der Waals surface area contributed by atoms with Crippen LogP contribution >= 0.6 is 0 Å². The van der Waals surface area contributed by atoms with Gasteiger partial charge in [-0.05, 0) is 43.2 Å². The molecule has 116 valence electrons. The molecule has 4 nitrogen and oxygen atoms in total. The first-order valence-electron chi connectivity index (χ1n) is 7.20. The molecule has 0 unspecified atom stereocenters. The Bertz CT molecular complexity index is 620. The second-order valence-corrected chi connectivity index (χ2v) is 5.30. The highest BCUT2D eigenvalue weighted by Crippen LogP contribution is 2.20. The summed E-state index contributed by atoms with van der Waals surface area (Å²) in [6.45, 7) is 4.64. The highest BCUT2D eigenvalue weighted by molar-refractivity contribution is 5.88. The van der Waals surface area contributed by atoms with E-state index in [0.29, 0.717) is 19.0 Å². The van der Waals surface area contributed by atoms with Crippen LogP contribution in [0.5, 0.6) is 5.75 Å². The van der Waals surface area contributed by atoms with Crippen molar-refractivity contribution in [3.8, 4) is 5.75 Å². The van der Waals surface area contributed by atoms with E-state index in [-0.39, 0.29) is 11.7 Å². The molecule has 4 heteroatoms. The summed E-state index contributed by atoms with van der Waals surface area (Å²) in [4.78, 5) is 11.2. The molecule has 0 radical (unpaired) electrons. The van der Waals surface area contributed by atoms with Crippen molar-refractivity contribution < 1.29 is 19.4 Å². The number of carboxylic acid groups (broad SMARTS) is 1. The fraction of sp³-hybridized carbons (Fsp3) is 0.278. The predicted molar refractivity (Wildman–Crippen MR) is 84.1 cm³/mol. The Hall–Kier alpha value is -2.33. The second-order valence-electron chi connectivity index (χ2n) is 5.30. The van der Waals surface area contributed by atoms with Crippen molar-refractivity contribution in [1.29, 1.82) is 0 Å². The van der Waals surface area contributed by atoms with Crippen molar-refractivity contribution in [1.82, 2.24) is 0 Å². The topological polar surface area (TPSA) is 55.8 Å². The number of aromatic carboxylic acids is 1. The van der Waals surface area contributed by atoms with Crippen LogP contribution < -0.4 is 4.74 Å². The third-order valence-electron chi connectivity index (χ3n) is 3.04. The van der Waals surface area contributed by atoms with Gasteiger partial charge < -0.3 is 14.6 Å². The van der Waals surface area contributed by atoms with Gasteiger partial charge in [-0.25, -0.2) is 4.79 Å². The zero-order valence-corrected chi connectivity index (χ0v) is 12.8. The van der Waals surface area contributed by atoms with Crippen LogP contribution in [-0.4, -0.2) is 17.2 Å². The fourth-order valence-corrected chi connectivity index (χ4v) is 1.95. The third-order valence-corrected chi connectivity index (χ3v) is 3.04. The Labute approximate surface area is 130 Å². The molecular weight excluding hydrogens is 280 g/mol. The van der Waals surface area contributed by atoms with Crippen LogP contribution in [0.3, 0.4) is 0 Å². The molecule has 0 saturated heterocycles. The minimum absolute atomic E-state index is 0.0853. The smallest absolute Gasteiger partial charge is 0.335 e. The highest BCUT2D eigenvalue weighted by Gasteiger charge is 2.09. The molecule has 2 aromatic rings. The summed E-state index contributed by atoms with van der Waals surface area (Å²) in [5.41, 5.74) is 2.02. The van der Waals surface area contributed by atoms with E-state index < -0.39 is 5.97 Å². The van der Waals surface area contributed by atoms with Gasteiger partial charge >= 0.3 is 5.97 Å². The molecule has 0 heterocycles. The maximum Gasteiger partial charge on any atom is 0.335 e. The summed E-state index contributed by atoms with van der Waals surface area (Å²) >= 11 is 0. The maximum absolute atomic E-state index is 11.2. The van der Waals surface area contributed by atoms with Crippen LogP contribution in [0.4, 0.5) is 0 Å². The zero-order chi connectivity index (χ0) is 15.9. The number of carboxylic acids is 1. The van der Waals surface area contributed by atoms with Crippen LogP contribution in [0.1, 0.15) is 35.3 Å². The predicted octanol–water partition coefficient (Wildman–Crippen LogP) is 3.89. The van der Waals surface area contributed by atoms with Crippen molar-refractivity contribution in [3.05, 3.63) is 65.2 Å². The van der Waals surface area contributed by atoms with E-state index in [4.69, 9.17) is 9.47 Å². The standard InChI is InChI=1S/C18H20O4/c1-13(2)21-12-15-8-16(18(19)20)10-17(9-15)22-11-14-6-4-3-5-7-14/h3-10,13H,11-12H2,1-2H3,(H,19,20). The van der Waals surface area contributed by atoms with Gasteiger partial charge in [-0.1, -0.05) is 30.3 Å². The van der Waals surface area contributed by atoms with Crippen molar-refractivity contribution in [2.24, 2.45) is 0 Å². The summed E-state index contributed by atoms with van der Waals surface area (Å²) in [7, 11) is 0. The fourth-order valence-electron chi connectivity index (χ4n) is 1.95. The molecule has 22 heavy (non-hydrogen) atoms.